The first kappa shape index (κ1) is 19.3. The number of ether oxygens (including phenoxy) is 1. The van der Waals surface area contributed by atoms with Gasteiger partial charge in [0.1, 0.15) is 6.04 Å². The minimum absolute atomic E-state index is 0. The first-order valence-electron chi connectivity index (χ1n) is 8.42. The number of nitrogens with two attached hydrogens (primary N) is 1. The molecule has 0 radical (unpaired) electrons. The van der Waals surface area contributed by atoms with Crippen LogP contribution in [-0.2, 0) is 9.53 Å². The second-order valence-electron chi connectivity index (χ2n) is 6.33. The number of hydrogen-bond donors (Lipinski definition) is 1. The Labute approximate surface area is 160 Å². The molecule has 2 N–H and O–H groups in total. The van der Waals surface area contributed by atoms with Gasteiger partial charge in [-0.15, -0.1) is 12.4 Å². The third-order valence-electron chi connectivity index (χ3n) is 4.84. The van der Waals surface area contributed by atoms with E-state index >= 15 is 0 Å². The Morgan fingerprint density at radius 2 is 1.56 bits per heavy atom. The topological polar surface area (TPSA) is 52.3 Å². The summed E-state index contributed by atoms with van der Waals surface area (Å²) in [6.45, 7) is 1.36. The van der Waals surface area contributed by atoms with Crippen molar-refractivity contribution in [1.29, 1.82) is 0 Å². The molecule has 0 unspecified atom stereocenters. The van der Waals surface area contributed by atoms with Gasteiger partial charge < -0.3 is 10.5 Å². The van der Waals surface area contributed by atoms with Crippen LogP contribution in [0.2, 0.25) is 0 Å². The van der Waals surface area contributed by atoms with Gasteiger partial charge in [-0.3, -0.25) is 0 Å². The van der Waals surface area contributed by atoms with Crippen molar-refractivity contribution >= 4 is 50.7 Å². The summed E-state index contributed by atoms with van der Waals surface area (Å²) in [5.41, 5.74) is 6.08. The van der Waals surface area contributed by atoms with E-state index in [1.165, 1.54) is 6.92 Å². The van der Waals surface area contributed by atoms with Crippen LogP contribution in [0.1, 0.15) is 18.5 Å². The molecule has 3 nitrogen and oxygen atoms in total. The van der Waals surface area contributed by atoms with Crippen molar-refractivity contribution in [2.75, 3.05) is 6.61 Å². The number of carbonyl (C=O) groups is 1. The second-order valence-corrected chi connectivity index (χ2v) is 6.33. The summed E-state index contributed by atoms with van der Waals surface area (Å²) in [5, 5.41) is 5.53. The lowest BCUT2D eigenvalue weighted by atomic mass is 9.88. The maximum absolute atomic E-state index is 14.5. The van der Waals surface area contributed by atoms with E-state index in [1.807, 2.05) is 36.4 Å². The van der Waals surface area contributed by atoms with E-state index in [4.69, 9.17) is 5.73 Å². The van der Waals surface area contributed by atoms with Gasteiger partial charge in [0.05, 0.1) is 6.61 Å². The van der Waals surface area contributed by atoms with Crippen LogP contribution < -0.4 is 5.73 Å². The molecule has 4 rings (SSSR count). The maximum atomic E-state index is 14.5. The summed E-state index contributed by atoms with van der Waals surface area (Å²) in [5.74, 6) is -5.41. The fourth-order valence-corrected chi connectivity index (χ4v) is 3.58. The maximum Gasteiger partial charge on any atom is 0.379 e. The highest BCUT2D eigenvalue weighted by Gasteiger charge is 2.48. The highest BCUT2D eigenvalue weighted by atomic mass is 35.5. The Morgan fingerprint density at radius 3 is 2.19 bits per heavy atom. The molecule has 6 heteroatoms. The van der Waals surface area contributed by atoms with Crippen LogP contribution in [0.4, 0.5) is 8.78 Å². The number of hydrogen-bond acceptors (Lipinski definition) is 3. The number of carbonyl (C=O) groups excluding carboxylic acids is 1. The normalized spacial score (nSPS) is 13.0. The zero-order chi connectivity index (χ0) is 18.5. The van der Waals surface area contributed by atoms with E-state index in [0.717, 1.165) is 26.9 Å². The Kier molecular flexibility index (Phi) is 4.93. The largest absolute Gasteiger partial charge is 0.462 e. The third-order valence-corrected chi connectivity index (χ3v) is 4.84. The van der Waals surface area contributed by atoms with Crippen molar-refractivity contribution in [3.63, 3.8) is 0 Å². The van der Waals surface area contributed by atoms with Crippen molar-refractivity contribution in [3.05, 3.63) is 60.2 Å². The number of benzene rings is 4. The van der Waals surface area contributed by atoms with Crippen LogP contribution >= 0.6 is 12.4 Å². The number of alkyl halides is 2. The molecule has 0 spiro atoms. The average Bonchev–Trinajstić information content (AvgIpc) is 2.65. The van der Waals surface area contributed by atoms with Crippen molar-refractivity contribution in [3.8, 4) is 0 Å². The van der Waals surface area contributed by atoms with Gasteiger partial charge in [0.25, 0.3) is 0 Å². The van der Waals surface area contributed by atoms with Gasteiger partial charge in [0, 0.05) is 0 Å². The molecule has 0 saturated carbocycles. The minimum atomic E-state index is -3.81. The Balaban J connectivity index is 0.00000210. The monoisotopic (exact) mass is 389 g/mol. The molecule has 4 aromatic rings. The smallest absolute Gasteiger partial charge is 0.379 e. The molecular formula is C21H18ClF2NO2. The van der Waals surface area contributed by atoms with Crippen molar-refractivity contribution in [2.24, 2.45) is 5.73 Å². The summed E-state index contributed by atoms with van der Waals surface area (Å²) < 4.78 is 33.5. The number of rotatable bonds is 4. The van der Waals surface area contributed by atoms with Crippen LogP contribution in [-0.4, -0.2) is 18.5 Å². The van der Waals surface area contributed by atoms with Gasteiger partial charge in [-0.25, -0.2) is 4.79 Å². The molecule has 27 heavy (non-hydrogen) atoms. The van der Waals surface area contributed by atoms with E-state index in [9.17, 15) is 13.6 Å². The molecule has 0 heterocycles. The number of halogens is 3. The van der Waals surface area contributed by atoms with Crippen LogP contribution in [0.25, 0.3) is 32.3 Å². The van der Waals surface area contributed by atoms with Gasteiger partial charge in [-0.05, 0) is 44.8 Å². The summed E-state index contributed by atoms with van der Waals surface area (Å²) >= 11 is 0. The molecule has 0 saturated heterocycles. The zero-order valence-electron chi connectivity index (χ0n) is 14.5. The fraction of sp³-hybridized carbons (Fsp3) is 0.190. The van der Waals surface area contributed by atoms with Gasteiger partial charge >= 0.3 is 11.9 Å². The van der Waals surface area contributed by atoms with E-state index in [0.29, 0.717) is 5.39 Å². The molecule has 0 aromatic heterocycles. The van der Waals surface area contributed by atoms with E-state index in [1.54, 1.807) is 18.2 Å². The van der Waals surface area contributed by atoms with Gasteiger partial charge in [-0.2, -0.15) is 8.78 Å². The lowest BCUT2D eigenvalue weighted by molar-refractivity contribution is -0.174. The van der Waals surface area contributed by atoms with Crippen LogP contribution in [0, 0.1) is 0 Å². The summed E-state index contributed by atoms with van der Waals surface area (Å²) in [4.78, 5) is 11.7. The van der Waals surface area contributed by atoms with E-state index in [-0.39, 0.29) is 24.6 Å². The lowest BCUT2D eigenvalue weighted by Crippen LogP contribution is -2.41. The lowest BCUT2D eigenvalue weighted by Gasteiger charge is -2.24. The molecular weight excluding hydrogens is 372 g/mol. The predicted molar refractivity (Wildman–Crippen MR) is 106 cm³/mol. The Morgan fingerprint density at radius 1 is 1.00 bits per heavy atom. The highest BCUT2D eigenvalue weighted by Crippen LogP contribution is 2.40. The Hall–Kier alpha value is -2.50. The predicted octanol–water partition coefficient (Wildman–Crippen LogP) is 5.20. The van der Waals surface area contributed by atoms with Gasteiger partial charge in [0.2, 0.25) is 0 Å². The summed E-state index contributed by atoms with van der Waals surface area (Å²) in [6, 6.07) is 15.1. The fourth-order valence-electron chi connectivity index (χ4n) is 3.58. The van der Waals surface area contributed by atoms with Crippen molar-refractivity contribution in [2.45, 2.75) is 18.9 Å². The second kappa shape index (κ2) is 6.91. The summed E-state index contributed by atoms with van der Waals surface area (Å²) in [6.07, 6.45) is 0. The molecule has 4 aromatic carbocycles. The number of esters is 1. The Bertz CT molecular complexity index is 1110. The van der Waals surface area contributed by atoms with E-state index < -0.39 is 17.9 Å². The van der Waals surface area contributed by atoms with Crippen LogP contribution in [0.5, 0.6) is 0 Å². The zero-order valence-corrected chi connectivity index (χ0v) is 15.4. The molecule has 0 aliphatic carbocycles. The highest BCUT2D eigenvalue weighted by molar-refractivity contribution is 6.23. The van der Waals surface area contributed by atoms with Crippen molar-refractivity contribution < 1.29 is 18.3 Å². The van der Waals surface area contributed by atoms with Gasteiger partial charge in [0.15, 0.2) is 0 Å². The molecule has 0 aliphatic rings. The summed E-state index contributed by atoms with van der Waals surface area (Å²) in [7, 11) is 0. The van der Waals surface area contributed by atoms with E-state index in [2.05, 4.69) is 4.74 Å². The first-order chi connectivity index (χ1) is 12.4. The molecule has 0 fully saturated rings. The van der Waals surface area contributed by atoms with Crippen LogP contribution in [0.15, 0.2) is 54.6 Å². The standard InChI is InChI=1S/C21H17F2NO2.ClH/c1-2-26-20(25)21(22,23)19(24)16-11-9-14-7-6-12-4-3-5-13-8-10-15(16)18(14)17(12)13;/h3-11,19H,2,24H2,1H3;1H/t19-;/m1./s1. The van der Waals surface area contributed by atoms with Crippen molar-refractivity contribution in [1.82, 2.24) is 0 Å². The van der Waals surface area contributed by atoms with Gasteiger partial charge in [-0.1, -0.05) is 54.6 Å². The SMILES string of the molecule is CCOC(=O)C(F)(F)[C@H](N)c1ccc2ccc3cccc4ccc1c2c34.Cl. The molecule has 0 amide bonds. The quantitative estimate of drug-likeness (QED) is 0.385. The van der Waals surface area contributed by atoms with Crippen LogP contribution in [0.3, 0.4) is 0 Å². The molecule has 0 bridgehead atoms. The first-order valence-corrected chi connectivity index (χ1v) is 8.42. The minimum Gasteiger partial charge on any atom is -0.462 e. The molecule has 0 aliphatic heterocycles. The molecule has 1 atom stereocenters. The molecule has 140 valence electrons. The average molecular weight is 390 g/mol. The third kappa shape index (κ3) is 2.87.